The fraction of sp³-hybridized carbons (Fsp3) is 0.273. The molecule has 0 aliphatic heterocycles. The molecule has 0 spiro atoms. The van der Waals surface area contributed by atoms with E-state index in [0.29, 0.717) is 22.1 Å². The molecule has 0 radical (unpaired) electrons. The van der Waals surface area contributed by atoms with Gasteiger partial charge in [0.05, 0.1) is 16.9 Å². The Morgan fingerprint density at radius 1 is 1.35 bits per heavy atom. The van der Waals surface area contributed by atoms with Crippen LogP contribution in [-0.2, 0) is 16.6 Å². The standard InChI is InChI=1S/C22H20ClFN4O2S/c1-22(2,18-4-3-5-31-18)12(7-19(29)30)6-17-16(24)11-27-21(28-17)15-10-26-20-14(15)8-13(23)9-25-20/h3-5,8-12H,6-7H2,1-2H3,(H,25,26)(H,29,30). The summed E-state index contributed by atoms with van der Waals surface area (Å²) in [4.78, 5) is 28.5. The zero-order valence-electron chi connectivity index (χ0n) is 16.9. The highest BCUT2D eigenvalue weighted by molar-refractivity contribution is 7.10. The summed E-state index contributed by atoms with van der Waals surface area (Å²) < 4.78 is 14.7. The highest BCUT2D eigenvalue weighted by Crippen LogP contribution is 2.39. The molecule has 4 rings (SSSR count). The van der Waals surface area contributed by atoms with Gasteiger partial charge in [-0.2, -0.15) is 0 Å². The summed E-state index contributed by atoms with van der Waals surface area (Å²) in [5, 5.41) is 12.6. The molecule has 160 valence electrons. The number of pyridine rings is 1. The van der Waals surface area contributed by atoms with E-state index in [1.807, 2.05) is 31.4 Å². The van der Waals surface area contributed by atoms with Gasteiger partial charge < -0.3 is 10.1 Å². The average molecular weight is 459 g/mol. The number of aliphatic carboxylic acids is 1. The topological polar surface area (TPSA) is 91.8 Å². The fourth-order valence-corrected chi connectivity index (χ4v) is 4.80. The van der Waals surface area contributed by atoms with E-state index in [1.54, 1.807) is 23.6 Å². The molecule has 0 amide bonds. The number of thiophene rings is 1. The van der Waals surface area contributed by atoms with Gasteiger partial charge in [-0.3, -0.25) is 4.79 Å². The highest BCUT2D eigenvalue weighted by atomic mass is 35.5. The predicted octanol–water partition coefficient (Wildman–Crippen LogP) is 5.49. The van der Waals surface area contributed by atoms with E-state index in [-0.39, 0.29) is 24.5 Å². The molecule has 0 aliphatic rings. The third-order valence-electron chi connectivity index (χ3n) is 5.59. The number of halogens is 2. The SMILES string of the molecule is CC(C)(c1cccs1)C(CC(=O)O)Cc1nc(-c2c[nH]c3ncc(Cl)cc23)ncc1F. The molecule has 0 fully saturated rings. The Kier molecular flexibility index (Phi) is 5.77. The number of H-pyrrole nitrogens is 1. The minimum Gasteiger partial charge on any atom is -0.481 e. The molecule has 4 heterocycles. The first-order valence-corrected chi connectivity index (χ1v) is 10.9. The predicted molar refractivity (Wildman–Crippen MR) is 119 cm³/mol. The number of carboxylic acid groups (broad SMARTS) is 1. The Labute approximate surface area is 187 Å². The zero-order valence-corrected chi connectivity index (χ0v) is 18.5. The molecule has 0 aromatic carbocycles. The first-order valence-electron chi connectivity index (χ1n) is 9.66. The number of aromatic amines is 1. The summed E-state index contributed by atoms with van der Waals surface area (Å²) in [6, 6.07) is 5.65. The van der Waals surface area contributed by atoms with Crippen LogP contribution < -0.4 is 0 Å². The van der Waals surface area contributed by atoms with Crippen LogP contribution in [-0.4, -0.2) is 31.0 Å². The molecule has 6 nitrogen and oxygen atoms in total. The largest absolute Gasteiger partial charge is 0.481 e. The van der Waals surface area contributed by atoms with Crippen molar-refractivity contribution in [3.8, 4) is 11.4 Å². The van der Waals surface area contributed by atoms with Crippen molar-refractivity contribution in [2.45, 2.75) is 32.1 Å². The number of fused-ring (bicyclic) bond motifs is 1. The smallest absolute Gasteiger partial charge is 0.303 e. The minimum atomic E-state index is -0.929. The van der Waals surface area contributed by atoms with E-state index in [4.69, 9.17) is 11.6 Å². The van der Waals surface area contributed by atoms with E-state index >= 15 is 0 Å². The second-order valence-electron chi connectivity index (χ2n) is 7.94. The molecule has 0 aliphatic carbocycles. The maximum Gasteiger partial charge on any atom is 0.303 e. The van der Waals surface area contributed by atoms with Crippen LogP contribution in [0.2, 0.25) is 5.02 Å². The molecule has 0 saturated heterocycles. The van der Waals surface area contributed by atoms with Gasteiger partial charge in [0.25, 0.3) is 0 Å². The molecule has 2 N–H and O–H groups in total. The van der Waals surface area contributed by atoms with E-state index in [1.165, 1.54) is 6.20 Å². The third kappa shape index (κ3) is 4.31. The zero-order chi connectivity index (χ0) is 22.2. The maximum atomic E-state index is 14.7. The van der Waals surface area contributed by atoms with E-state index in [9.17, 15) is 14.3 Å². The second-order valence-corrected chi connectivity index (χ2v) is 9.32. The first kappa shape index (κ1) is 21.4. The van der Waals surface area contributed by atoms with E-state index in [2.05, 4.69) is 19.9 Å². The second kappa shape index (κ2) is 8.36. The molecular weight excluding hydrogens is 439 g/mol. The van der Waals surface area contributed by atoms with Gasteiger partial charge in [0.1, 0.15) is 5.65 Å². The van der Waals surface area contributed by atoms with Gasteiger partial charge >= 0.3 is 5.97 Å². The van der Waals surface area contributed by atoms with Gasteiger partial charge in [-0.15, -0.1) is 11.3 Å². The number of carbonyl (C=O) groups is 1. The van der Waals surface area contributed by atoms with Crippen LogP contribution in [0.25, 0.3) is 22.4 Å². The van der Waals surface area contributed by atoms with Crippen molar-refractivity contribution in [3.05, 3.63) is 63.6 Å². The molecule has 31 heavy (non-hydrogen) atoms. The van der Waals surface area contributed by atoms with E-state index < -0.39 is 17.2 Å². The summed E-state index contributed by atoms with van der Waals surface area (Å²) in [7, 11) is 0. The van der Waals surface area contributed by atoms with Crippen LogP contribution in [0.5, 0.6) is 0 Å². The highest BCUT2D eigenvalue weighted by Gasteiger charge is 2.35. The lowest BCUT2D eigenvalue weighted by molar-refractivity contribution is -0.138. The lowest BCUT2D eigenvalue weighted by Crippen LogP contribution is -2.32. The summed E-state index contributed by atoms with van der Waals surface area (Å²) in [6.07, 6.45) is 4.43. The molecule has 0 bridgehead atoms. The van der Waals surface area contributed by atoms with Gasteiger partial charge in [0.2, 0.25) is 0 Å². The molecule has 9 heteroatoms. The van der Waals surface area contributed by atoms with Crippen LogP contribution >= 0.6 is 22.9 Å². The van der Waals surface area contributed by atoms with Crippen molar-refractivity contribution in [3.63, 3.8) is 0 Å². The molecule has 4 aromatic rings. The van der Waals surface area contributed by atoms with Gasteiger partial charge in [0.15, 0.2) is 11.6 Å². The quantitative estimate of drug-likeness (QED) is 0.382. The summed E-state index contributed by atoms with van der Waals surface area (Å²) in [6.45, 7) is 3.97. The number of hydrogen-bond acceptors (Lipinski definition) is 5. The van der Waals surface area contributed by atoms with Crippen molar-refractivity contribution in [2.75, 3.05) is 0 Å². The van der Waals surface area contributed by atoms with Crippen molar-refractivity contribution in [1.82, 2.24) is 19.9 Å². The number of carboxylic acids is 1. The Morgan fingerprint density at radius 3 is 2.87 bits per heavy atom. The lowest BCUT2D eigenvalue weighted by atomic mass is 9.73. The molecule has 1 unspecified atom stereocenters. The van der Waals surface area contributed by atoms with Gasteiger partial charge in [-0.05, 0) is 29.9 Å². The van der Waals surface area contributed by atoms with Crippen LogP contribution in [0.1, 0.15) is 30.8 Å². The summed E-state index contributed by atoms with van der Waals surface area (Å²) in [5.41, 5.74) is 0.989. The number of aromatic nitrogens is 4. The summed E-state index contributed by atoms with van der Waals surface area (Å²) >= 11 is 7.64. The van der Waals surface area contributed by atoms with Gasteiger partial charge in [-0.1, -0.05) is 31.5 Å². The molecular formula is C22H20ClFN4O2S. The number of nitrogens with zero attached hydrogens (tertiary/aromatic N) is 3. The van der Waals surface area contributed by atoms with Crippen molar-refractivity contribution >= 4 is 39.9 Å². The van der Waals surface area contributed by atoms with Crippen LogP contribution in [0.15, 0.2) is 42.2 Å². The normalized spacial score (nSPS) is 12.9. The Bertz CT molecular complexity index is 1240. The fourth-order valence-electron chi connectivity index (χ4n) is 3.71. The molecule has 4 aromatic heterocycles. The van der Waals surface area contributed by atoms with E-state index in [0.717, 1.165) is 16.5 Å². The number of rotatable bonds is 7. The number of hydrogen-bond donors (Lipinski definition) is 2. The van der Waals surface area contributed by atoms with Crippen LogP contribution in [0, 0.1) is 11.7 Å². The Morgan fingerprint density at radius 2 is 2.16 bits per heavy atom. The minimum absolute atomic E-state index is 0.101. The monoisotopic (exact) mass is 458 g/mol. The lowest BCUT2D eigenvalue weighted by Gasteiger charge is -2.33. The summed E-state index contributed by atoms with van der Waals surface area (Å²) in [5.74, 6) is -1.52. The number of nitrogens with one attached hydrogen (secondary N) is 1. The van der Waals surface area contributed by atoms with Gasteiger partial charge in [-0.25, -0.2) is 19.3 Å². The molecule has 1 atom stereocenters. The van der Waals surface area contributed by atoms with Crippen LogP contribution in [0.4, 0.5) is 4.39 Å². The first-order chi connectivity index (χ1) is 14.8. The Hall–Kier alpha value is -2.84. The third-order valence-corrected chi connectivity index (χ3v) is 7.01. The Balaban J connectivity index is 1.73. The van der Waals surface area contributed by atoms with Crippen LogP contribution in [0.3, 0.4) is 0 Å². The molecule has 0 saturated carbocycles. The van der Waals surface area contributed by atoms with Crippen molar-refractivity contribution < 1.29 is 14.3 Å². The van der Waals surface area contributed by atoms with Gasteiger partial charge in [0, 0.05) is 40.1 Å². The maximum absolute atomic E-state index is 14.7. The van der Waals surface area contributed by atoms with Crippen molar-refractivity contribution in [1.29, 1.82) is 0 Å². The van der Waals surface area contributed by atoms with Crippen molar-refractivity contribution in [2.24, 2.45) is 5.92 Å². The average Bonchev–Trinajstić information content (AvgIpc) is 3.39.